The molecule has 15 heavy (non-hydrogen) atoms. The van der Waals surface area contributed by atoms with Crippen LogP contribution in [-0.4, -0.2) is 10.1 Å². The van der Waals surface area contributed by atoms with E-state index in [1.807, 2.05) is 13.0 Å². The molecule has 0 spiro atoms. The van der Waals surface area contributed by atoms with E-state index in [1.54, 1.807) is 11.6 Å². The maximum Gasteiger partial charge on any atom is 0.148 e. The molecule has 0 fully saturated rings. The van der Waals surface area contributed by atoms with E-state index >= 15 is 0 Å². The van der Waals surface area contributed by atoms with Crippen LogP contribution in [0.4, 0.5) is 0 Å². The topological polar surface area (TPSA) is 46.3 Å². The van der Waals surface area contributed by atoms with Crippen LogP contribution in [0.15, 0.2) is 26.7 Å². The van der Waals surface area contributed by atoms with Gasteiger partial charge in [0.05, 0.1) is 10.4 Å². The second-order valence-corrected chi connectivity index (χ2v) is 4.71. The van der Waals surface area contributed by atoms with Crippen molar-refractivity contribution in [3.05, 3.63) is 38.6 Å². The Hall–Kier alpha value is -0.650. The minimum Gasteiger partial charge on any atom is -0.463 e. The third kappa shape index (κ3) is 2.14. The average molecular weight is 288 g/mol. The molecule has 2 aromatic rings. The standard InChI is InChI=1S/C10H10BrNO2S/c1-2-6-3-4-7(14-6)8(13)9-10(11)12-5-15-9/h3-5,8,13H,2H2,1H3. The Bertz CT molecular complexity index is 452. The quantitative estimate of drug-likeness (QED) is 0.943. The molecule has 0 aliphatic rings. The van der Waals surface area contributed by atoms with Gasteiger partial charge in [0.2, 0.25) is 0 Å². The van der Waals surface area contributed by atoms with Gasteiger partial charge in [-0.05, 0) is 28.1 Å². The van der Waals surface area contributed by atoms with Crippen molar-refractivity contribution in [2.45, 2.75) is 19.4 Å². The molecule has 0 aliphatic heterocycles. The Morgan fingerprint density at radius 2 is 2.40 bits per heavy atom. The lowest BCUT2D eigenvalue weighted by molar-refractivity contribution is 0.189. The molecule has 1 atom stereocenters. The van der Waals surface area contributed by atoms with Crippen LogP contribution in [-0.2, 0) is 6.42 Å². The highest BCUT2D eigenvalue weighted by Crippen LogP contribution is 2.31. The summed E-state index contributed by atoms with van der Waals surface area (Å²) in [5, 5.41) is 10.0. The molecule has 0 bridgehead atoms. The van der Waals surface area contributed by atoms with Crippen LogP contribution in [0.2, 0.25) is 0 Å². The second kappa shape index (κ2) is 4.47. The summed E-state index contributed by atoms with van der Waals surface area (Å²) in [6, 6.07) is 3.68. The molecule has 0 radical (unpaired) electrons. The number of aryl methyl sites for hydroxylation is 1. The van der Waals surface area contributed by atoms with Crippen molar-refractivity contribution in [1.29, 1.82) is 0 Å². The van der Waals surface area contributed by atoms with E-state index < -0.39 is 6.10 Å². The van der Waals surface area contributed by atoms with E-state index in [1.165, 1.54) is 11.3 Å². The van der Waals surface area contributed by atoms with Gasteiger partial charge in [-0.3, -0.25) is 0 Å². The first-order valence-electron chi connectivity index (χ1n) is 4.58. The summed E-state index contributed by atoms with van der Waals surface area (Å²) in [5.74, 6) is 1.45. The largest absolute Gasteiger partial charge is 0.463 e. The zero-order chi connectivity index (χ0) is 10.8. The number of hydrogen-bond acceptors (Lipinski definition) is 4. The molecule has 0 aliphatic carbocycles. The van der Waals surface area contributed by atoms with Gasteiger partial charge in [-0.2, -0.15) is 0 Å². The number of thiazole rings is 1. The normalized spacial score (nSPS) is 13.0. The number of aromatic nitrogens is 1. The summed E-state index contributed by atoms with van der Waals surface area (Å²) in [4.78, 5) is 4.79. The number of aliphatic hydroxyl groups is 1. The van der Waals surface area contributed by atoms with Crippen molar-refractivity contribution < 1.29 is 9.52 Å². The lowest BCUT2D eigenvalue weighted by atomic mass is 10.2. The van der Waals surface area contributed by atoms with E-state index in [4.69, 9.17) is 4.42 Å². The molecule has 2 rings (SSSR count). The first-order chi connectivity index (χ1) is 7.22. The van der Waals surface area contributed by atoms with Gasteiger partial charge in [-0.1, -0.05) is 6.92 Å². The number of aliphatic hydroxyl groups excluding tert-OH is 1. The fraction of sp³-hybridized carbons (Fsp3) is 0.300. The van der Waals surface area contributed by atoms with E-state index in [0.29, 0.717) is 10.4 Å². The highest BCUT2D eigenvalue weighted by Gasteiger charge is 2.19. The van der Waals surface area contributed by atoms with Gasteiger partial charge >= 0.3 is 0 Å². The summed E-state index contributed by atoms with van der Waals surface area (Å²) in [7, 11) is 0. The molecular weight excluding hydrogens is 278 g/mol. The monoisotopic (exact) mass is 287 g/mol. The molecule has 3 nitrogen and oxygen atoms in total. The SMILES string of the molecule is CCc1ccc(C(O)c2scnc2Br)o1. The zero-order valence-corrected chi connectivity index (χ0v) is 10.5. The van der Waals surface area contributed by atoms with Crippen molar-refractivity contribution in [2.75, 3.05) is 0 Å². The smallest absolute Gasteiger partial charge is 0.148 e. The van der Waals surface area contributed by atoms with Crippen molar-refractivity contribution in [1.82, 2.24) is 4.98 Å². The molecule has 1 N–H and O–H groups in total. The summed E-state index contributed by atoms with van der Waals surface area (Å²) >= 11 is 4.69. The maximum atomic E-state index is 10.0. The van der Waals surface area contributed by atoms with Gasteiger partial charge in [0.15, 0.2) is 0 Å². The lowest BCUT2D eigenvalue weighted by Crippen LogP contribution is -1.95. The first kappa shape index (κ1) is 10.9. The Morgan fingerprint density at radius 1 is 1.60 bits per heavy atom. The van der Waals surface area contributed by atoms with E-state index in [9.17, 15) is 5.11 Å². The van der Waals surface area contributed by atoms with Crippen LogP contribution in [0.5, 0.6) is 0 Å². The summed E-state index contributed by atoms with van der Waals surface area (Å²) < 4.78 is 6.16. The molecule has 80 valence electrons. The van der Waals surface area contributed by atoms with E-state index in [0.717, 1.165) is 17.1 Å². The van der Waals surface area contributed by atoms with Crippen LogP contribution in [0.1, 0.15) is 29.4 Å². The van der Waals surface area contributed by atoms with Crippen LogP contribution >= 0.6 is 27.3 Å². The van der Waals surface area contributed by atoms with Crippen LogP contribution in [0.3, 0.4) is 0 Å². The van der Waals surface area contributed by atoms with Crippen LogP contribution in [0, 0.1) is 0 Å². The number of furan rings is 1. The van der Waals surface area contributed by atoms with Crippen molar-refractivity contribution in [3.8, 4) is 0 Å². The van der Waals surface area contributed by atoms with Gasteiger partial charge in [0, 0.05) is 6.42 Å². The zero-order valence-electron chi connectivity index (χ0n) is 8.11. The number of hydrogen-bond donors (Lipinski definition) is 1. The predicted octanol–water partition coefficient (Wildman–Crippen LogP) is 3.14. The first-order valence-corrected chi connectivity index (χ1v) is 6.25. The number of rotatable bonds is 3. The summed E-state index contributed by atoms with van der Waals surface area (Å²) in [5.41, 5.74) is 1.69. The summed E-state index contributed by atoms with van der Waals surface area (Å²) in [6.45, 7) is 2.01. The van der Waals surface area contributed by atoms with Crippen molar-refractivity contribution in [3.63, 3.8) is 0 Å². The highest BCUT2D eigenvalue weighted by molar-refractivity contribution is 9.10. The fourth-order valence-electron chi connectivity index (χ4n) is 1.28. The van der Waals surface area contributed by atoms with E-state index in [-0.39, 0.29) is 0 Å². The molecule has 2 heterocycles. The van der Waals surface area contributed by atoms with E-state index in [2.05, 4.69) is 20.9 Å². The van der Waals surface area contributed by atoms with Crippen LogP contribution < -0.4 is 0 Å². The van der Waals surface area contributed by atoms with Gasteiger partial charge in [-0.25, -0.2) is 4.98 Å². The Kier molecular flexibility index (Phi) is 3.23. The predicted molar refractivity (Wildman–Crippen MR) is 62.0 cm³/mol. The van der Waals surface area contributed by atoms with Gasteiger partial charge in [-0.15, -0.1) is 11.3 Å². The molecule has 1 unspecified atom stereocenters. The number of halogens is 1. The van der Waals surface area contributed by atoms with Crippen molar-refractivity contribution in [2.24, 2.45) is 0 Å². The maximum absolute atomic E-state index is 10.0. The molecule has 0 aromatic carbocycles. The lowest BCUT2D eigenvalue weighted by Gasteiger charge is -2.04. The summed E-state index contributed by atoms with van der Waals surface area (Å²) in [6.07, 6.45) is 0.100. The minimum absolute atomic E-state index is 0.566. The third-order valence-corrected chi connectivity index (χ3v) is 3.87. The third-order valence-electron chi connectivity index (χ3n) is 2.10. The minimum atomic E-state index is -0.729. The van der Waals surface area contributed by atoms with Gasteiger partial charge in [0.25, 0.3) is 0 Å². The Morgan fingerprint density at radius 3 is 2.93 bits per heavy atom. The second-order valence-electron chi connectivity index (χ2n) is 3.07. The Balaban J connectivity index is 2.28. The van der Waals surface area contributed by atoms with Crippen LogP contribution in [0.25, 0.3) is 0 Å². The molecular formula is C10H10BrNO2S. The molecule has 0 amide bonds. The molecule has 0 saturated carbocycles. The van der Waals surface area contributed by atoms with Gasteiger partial charge < -0.3 is 9.52 Å². The molecule has 5 heteroatoms. The van der Waals surface area contributed by atoms with Gasteiger partial charge in [0.1, 0.15) is 22.2 Å². The number of nitrogens with zero attached hydrogens (tertiary/aromatic N) is 1. The Labute approximate surface area is 99.9 Å². The molecule has 0 saturated heterocycles. The molecule has 2 aromatic heterocycles. The highest BCUT2D eigenvalue weighted by atomic mass is 79.9. The van der Waals surface area contributed by atoms with Crippen molar-refractivity contribution >= 4 is 27.3 Å². The average Bonchev–Trinajstić information content (AvgIpc) is 2.84. The fourth-order valence-corrected chi connectivity index (χ4v) is 2.68.